The molecular formula is C14H24N4OS. The Morgan fingerprint density at radius 3 is 2.85 bits per heavy atom. The van der Waals surface area contributed by atoms with E-state index in [-0.39, 0.29) is 6.10 Å². The Bertz CT molecular complexity index is 438. The lowest BCUT2D eigenvalue weighted by atomic mass is 10.1. The number of aliphatic imine (C=N–C) groups is 1. The fourth-order valence-electron chi connectivity index (χ4n) is 2.24. The molecule has 0 bridgehead atoms. The summed E-state index contributed by atoms with van der Waals surface area (Å²) in [5, 5.41) is 16.2. The maximum Gasteiger partial charge on any atom is 0.194 e. The summed E-state index contributed by atoms with van der Waals surface area (Å²) in [6, 6.07) is 0. The number of hydrogen-bond donors (Lipinski definition) is 2. The van der Waals surface area contributed by atoms with Gasteiger partial charge >= 0.3 is 0 Å². The number of thiazole rings is 1. The minimum atomic E-state index is -0.153. The molecule has 2 rings (SSSR count). The Balaban J connectivity index is 1.97. The molecule has 0 unspecified atom stereocenters. The van der Waals surface area contributed by atoms with Gasteiger partial charge in [0.1, 0.15) is 0 Å². The summed E-state index contributed by atoms with van der Waals surface area (Å²) in [6.07, 6.45) is 2.47. The molecule has 2 N–H and O–H groups in total. The molecule has 1 fully saturated rings. The van der Waals surface area contributed by atoms with Gasteiger partial charge in [-0.25, -0.2) is 9.98 Å². The zero-order valence-electron chi connectivity index (χ0n) is 12.3. The van der Waals surface area contributed by atoms with Gasteiger partial charge in [0, 0.05) is 25.0 Å². The lowest BCUT2D eigenvalue weighted by Crippen LogP contribution is -2.46. The van der Waals surface area contributed by atoms with Crippen molar-refractivity contribution in [2.75, 3.05) is 19.6 Å². The van der Waals surface area contributed by atoms with E-state index in [1.165, 1.54) is 5.01 Å². The van der Waals surface area contributed by atoms with E-state index < -0.39 is 0 Å². The maximum absolute atomic E-state index is 9.58. The van der Waals surface area contributed by atoms with Crippen LogP contribution in [0.2, 0.25) is 0 Å². The molecule has 1 aromatic heterocycles. The van der Waals surface area contributed by atoms with E-state index in [4.69, 9.17) is 0 Å². The van der Waals surface area contributed by atoms with Gasteiger partial charge < -0.3 is 15.3 Å². The van der Waals surface area contributed by atoms with Gasteiger partial charge in [-0.3, -0.25) is 0 Å². The van der Waals surface area contributed by atoms with Crippen molar-refractivity contribution in [2.45, 2.75) is 45.8 Å². The number of rotatable bonds is 4. The Labute approximate surface area is 124 Å². The van der Waals surface area contributed by atoms with Crippen molar-refractivity contribution >= 4 is 17.3 Å². The lowest BCUT2D eigenvalue weighted by molar-refractivity contribution is 0.108. The molecular weight excluding hydrogens is 272 g/mol. The molecule has 0 spiro atoms. The average molecular weight is 296 g/mol. The number of piperidine rings is 1. The van der Waals surface area contributed by atoms with E-state index in [0.717, 1.165) is 50.6 Å². The second-order valence-corrected chi connectivity index (χ2v) is 5.92. The fourth-order valence-corrected chi connectivity index (χ4v) is 2.98. The van der Waals surface area contributed by atoms with Gasteiger partial charge in [0.15, 0.2) is 5.96 Å². The second kappa shape index (κ2) is 7.59. The van der Waals surface area contributed by atoms with Crippen LogP contribution in [0.5, 0.6) is 0 Å². The van der Waals surface area contributed by atoms with E-state index in [1.807, 2.05) is 0 Å². The van der Waals surface area contributed by atoms with Crippen LogP contribution in [0.3, 0.4) is 0 Å². The van der Waals surface area contributed by atoms with Crippen molar-refractivity contribution in [3.63, 3.8) is 0 Å². The van der Waals surface area contributed by atoms with Crippen LogP contribution < -0.4 is 5.32 Å². The van der Waals surface area contributed by atoms with Gasteiger partial charge in [-0.1, -0.05) is 6.92 Å². The smallest absolute Gasteiger partial charge is 0.194 e. The molecule has 0 atom stereocenters. The minimum absolute atomic E-state index is 0.153. The van der Waals surface area contributed by atoms with E-state index in [1.54, 1.807) is 11.3 Å². The largest absolute Gasteiger partial charge is 0.393 e. The first kappa shape index (κ1) is 15.3. The highest BCUT2D eigenvalue weighted by molar-refractivity contribution is 7.09. The molecule has 112 valence electrons. The topological polar surface area (TPSA) is 60.8 Å². The summed E-state index contributed by atoms with van der Waals surface area (Å²) in [5.41, 5.74) is 1.04. The van der Waals surface area contributed by atoms with E-state index in [9.17, 15) is 5.11 Å². The van der Waals surface area contributed by atoms with E-state index in [0.29, 0.717) is 6.54 Å². The van der Waals surface area contributed by atoms with Gasteiger partial charge in [-0.2, -0.15) is 0 Å². The van der Waals surface area contributed by atoms with Crippen LogP contribution in [0.25, 0.3) is 0 Å². The summed E-state index contributed by atoms with van der Waals surface area (Å²) in [6.45, 7) is 7.41. The first-order valence-corrected chi connectivity index (χ1v) is 8.25. The first-order valence-electron chi connectivity index (χ1n) is 7.37. The summed E-state index contributed by atoms with van der Waals surface area (Å²) < 4.78 is 0. The van der Waals surface area contributed by atoms with Crippen LogP contribution in [-0.4, -0.2) is 46.7 Å². The van der Waals surface area contributed by atoms with Gasteiger partial charge in [0.05, 0.1) is 23.4 Å². The van der Waals surface area contributed by atoms with Gasteiger partial charge in [-0.15, -0.1) is 11.3 Å². The third kappa shape index (κ3) is 4.18. The normalized spacial score (nSPS) is 17.6. The average Bonchev–Trinajstić information content (AvgIpc) is 2.92. The lowest BCUT2D eigenvalue weighted by Gasteiger charge is -2.32. The van der Waals surface area contributed by atoms with Crippen molar-refractivity contribution in [3.8, 4) is 0 Å². The molecule has 1 saturated heterocycles. The highest BCUT2D eigenvalue weighted by Gasteiger charge is 2.19. The van der Waals surface area contributed by atoms with Gasteiger partial charge in [0.25, 0.3) is 0 Å². The Morgan fingerprint density at radius 1 is 1.50 bits per heavy atom. The zero-order chi connectivity index (χ0) is 14.4. The number of aromatic nitrogens is 1. The van der Waals surface area contributed by atoms with E-state index in [2.05, 4.69) is 39.4 Å². The molecule has 0 saturated carbocycles. The van der Waals surface area contributed by atoms with Crippen molar-refractivity contribution in [3.05, 3.63) is 16.1 Å². The van der Waals surface area contributed by atoms with Gasteiger partial charge in [-0.05, 0) is 26.2 Å². The molecule has 20 heavy (non-hydrogen) atoms. The molecule has 2 heterocycles. The summed E-state index contributed by atoms with van der Waals surface area (Å²) in [5.74, 6) is 0.936. The Kier molecular flexibility index (Phi) is 5.79. The predicted molar refractivity (Wildman–Crippen MR) is 83.1 cm³/mol. The molecule has 1 aliphatic rings. The SMILES string of the molecule is CCNC(=NCc1csc(CC)n1)N1CCC(O)CC1. The quantitative estimate of drug-likeness (QED) is 0.655. The molecule has 0 radical (unpaired) electrons. The summed E-state index contributed by atoms with van der Waals surface area (Å²) in [4.78, 5) is 11.4. The summed E-state index contributed by atoms with van der Waals surface area (Å²) in [7, 11) is 0. The number of hydrogen-bond acceptors (Lipinski definition) is 4. The summed E-state index contributed by atoms with van der Waals surface area (Å²) >= 11 is 1.70. The third-order valence-electron chi connectivity index (χ3n) is 3.39. The molecule has 6 heteroatoms. The van der Waals surface area contributed by atoms with Crippen LogP contribution in [0.4, 0.5) is 0 Å². The first-order chi connectivity index (χ1) is 9.72. The van der Waals surface area contributed by atoms with Crippen LogP contribution >= 0.6 is 11.3 Å². The molecule has 0 aliphatic carbocycles. The number of aliphatic hydroxyl groups excluding tert-OH is 1. The third-order valence-corrected chi connectivity index (χ3v) is 4.43. The fraction of sp³-hybridized carbons (Fsp3) is 0.714. The molecule has 0 amide bonds. The Hall–Kier alpha value is -1.14. The minimum Gasteiger partial charge on any atom is -0.393 e. The highest BCUT2D eigenvalue weighted by Crippen LogP contribution is 2.13. The number of nitrogens with zero attached hydrogens (tertiary/aromatic N) is 3. The molecule has 0 aromatic carbocycles. The van der Waals surface area contributed by atoms with Crippen molar-refractivity contribution in [1.82, 2.24) is 15.2 Å². The monoisotopic (exact) mass is 296 g/mol. The second-order valence-electron chi connectivity index (χ2n) is 4.97. The molecule has 1 aliphatic heterocycles. The van der Waals surface area contributed by atoms with Crippen molar-refractivity contribution < 1.29 is 5.11 Å². The number of aliphatic hydroxyl groups is 1. The Morgan fingerprint density at radius 2 is 2.25 bits per heavy atom. The van der Waals surface area contributed by atoms with Crippen LogP contribution in [0.15, 0.2) is 10.4 Å². The highest BCUT2D eigenvalue weighted by atomic mass is 32.1. The molecule has 5 nitrogen and oxygen atoms in total. The van der Waals surface area contributed by atoms with Crippen molar-refractivity contribution in [2.24, 2.45) is 4.99 Å². The van der Waals surface area contributed by atoms with E-state index >= 15 is 0 Å². The van der Waals surface area contributed by atoms with Crippen LogP contribution in [0, 0.1) is 0 Å². The van der Waals surface area contributed by atoms with Crippen LogP contribution in [0.1, 0.15) is 37.4 Å². The zero-order valence-corrected chi connectivity index (χ0v) is 13.1. The number of nitrogens with one attached hydrogen (secondary N) is 1. The standard InChI is InChI=1S/C14H24N4OS/c1-3-13-17-11(10-20-13)9-16-14(15-4-2)18-7-5-12(19)6-8-18/h10,12,19H,3-9H2,1-2H3,(H,15,16). The van der Waals surface area contributed by atoms with Gasteiger partial charge in [0.2, 0.25) is 0 Å². The predicted octanol–water partition coefficient (Wildman–Crippen LogP) is 1.63. The number of aryl methyl sites for hydroxylation is 1. The molecule has 1 aromatic rings. The number of likely N-dealkylation sites (tertiary alicyclic amines) is 1. The number of guanidine groups is 1. The maximum atomic E-state index is 9.58. The van der Waals surface area contributed by atoms with Crippen molar-refractivity contribution in [1.29, 1.82) is 0 Å². The van der Waals surface area contributed by atoms with Crippen LogP contribution in [-0.2, 0) is 13.0 Å².